The smallest absolute Gasteiger partial charge is 0.302 e. The normalized spacial score (nSPS) is 44.2. The first-order valence-electron chi connectivity index (χ1n) is 17.2. The molecule has 5 aliphatic carbocycles. The van der Waals surface area contributed by atoms with Crippen LogP contribution in [0.5, 0.6) is 0 Å². The molecule has 0 bridgehead atoms. The highest BCUT2D eigenvalue weighted by Gasteiger charge is 2.70. The first kappa shape index (κ1) is 31.5. The average molecular weight is 602 g/mol. The third kappa shape index (κ3) is 4.41. The van der Waals surface area contributed by atoms with Crippen LogP contribution < -0.4 is 5.32 Å². The number of esters is 1. The standard InChI is InChI=1S/C39H55NO4/c1-24-10-12-26(13-11-24)40-33(43)36(6)19-18-35(5)20-21-38(8)27(28(35)23-36)22-29(42)32-37(7)16-15-31(44-25(2)41)34(3,4)30(37)14-17-39(32,38)9/h10-13,22,28,30-32H,14-21,23H2,1-9H3,(H,40,43)/t28-,30+,31+,32+,35+,36+,37+,38+,39+/m0/s1. The molecule has 0 radical (unpaired) electrons. The second-order valence-electron chi connectivity index (χ2n) is 17.5. The van der Waals surface area contributed by atoms with E-state index in [2.05, 4.69) is 66.8 Å². The van der Waals surface area contributed by atoms with Crippen molar-refractivity contribution in [1.82, 2.24) is 0 Å². The van der Waals surface area contributed by atoms with Crippen LogP contribution in [0.4, 0.5) is 5.69 Å². The number of aryl methyl sites for hydroxylation is 1. The SMILES string of the molecule is CC(=O)O[C@@H]1CC[C@]2(C)[C@H](CC[C@]3(C)[C@@H]2C(=O)C=C2[C@@H]4C[C@](C)(C(=O)Nc5ccc(C)cc5)CC[C@]4(C)CC[C@]23C)C1(C)C. The largest absolute Gasteiger partial charge is 0.462 e. The Labute approximate surface area is 265 Å². The van der Waals surface area contributed by atoms with Gasteiger partial charge in [-0.3, -0.25) is 14.4 Å². The van der Waals surface area contributed by atoms with E-state index in [1.165, 1.54) is 18.1 Å². The number of amides is 1. The van der Waals surface area contributed by atoms with Gasteiger partial charge >= 0.3 is 5.97 Å². The molecule has 1 amide bonds. The summed E-state index contributed by atoms with van der Waals surface area (Å²) in [5, 5.41) is 3.23. The molecule has 240 valence electrons. The van der Waals surface area contributed by atoms with Gasteiger partial charge in [0.05, 0.1) is 0 Å². The van der Waals surface area contributed by atoms with Crippen LogP contribution in [0.2, 0.25) is 0 Å². The lowest BCUT2D eigenvalue weighted by atomic mass is 9.33. The van der Waals surface area contributed by atoms with Crippen molar-refractivity contribution in [2.45, 2.75) is 126 Å². The molecule has 5 aliphatic rings. The fraction of sp³-hybridized carbons (Fsp3) is 0.718. The second-order valence-corrected chi connectivity index (χ2v) is 17.5. The van der Waals surface area contributed by atoms with Crippen molar-refractivity contribution in [2.75, 3.05) is 5.32 Å². The maximum atomic E-state index is 14.7. The maximum absolute atomic E-state index is 14.7. The molecule has 4 saturated carbocycles. The lowest BCUT2D eigenvalue weighted by Gasteiger charge is -2.70. The molecular weight excluding hydrogens is 546 g/mol. The Bertz CT molecular complexity index is 1410. The summed E-state index contributed by atoms with van der Waals surface area (Å²) in [5.41, 5.74) is 2.39. The summed E-state index contributed by atoms with van der Waals surface area (Å²) in [6.07, 6.45) is 10.6. The van der Waals surface area contributed by atoms with Gasteiger partial charge in [-0.05, 0) is 116 Å². The van der Waals surface area contributed by atoms with Gasteiger partial charge in [0.15, 0.2) is 5.78 Å². The molecule has 4 fully saturated rings. The summed E-state index contributed by atoms with van der Waals surface area (Å²) >= 11 is 0. The van der Waals surface area contributed by atoms with E-state index in [1.54, 1.807) is 0 Å². The molecule has 0 aromatic heterocycles. The zero-order chi connectivity index (χ0) is 32.1. The molecule has 0 saturated heterocycles. The fourth-order valence-electron chi connectivity index (χ4n) is 11.7. The molecule has 0 aliphatic heterocycles. The van der Waals surface area contributed by atoms with Gasteiger partial charge in [-0.1, -0.05) is 71.7 Å². The summed E-state index contributed by atoms with van der Waals surface area (Å²) in [4.78, 5) is 40.5. The van der Waals surface area contributed by atoms with Crippen molar-refractivity contribution >= 4 is 23.3 Å². The molecule has 0 heterocycles. The summed E-state index contributed by atoms with van der Waals surface area (Å²) in [7, 11) is 0. The Morgan fingerprint density at radius 1 is 0.864 bits per heavy atom. The van der Waals surface area contributed by atoms with E-state index in [9.17, 15) is 14.4 Å². The molecule has 44 heavy (non-hydrogen) atoms. The molecule has 0 spiro atoms. The minimum atomic E-state index is -0.488. The minimum Gasteiger partial charge on any atom is -0.462 e. The molecule has 1 N–H and O–H groups in total. The highest BCUT2D eigenvalue weighted by atomic mass is 16.5. The van der Waals surface area contributed by atoms with Gasteiger partial charge in [0.1, 0.15) is 6.10 Å². The van der Waals surface area contributed by atoms with Gasteiger partial charge in [0.25, 0.3) is 0 Å². The number of ketones is 1. The van der Waals surface area contributed by atoms with Crippen LogP contribution in [0.15, 0.2) is 35.9 Å². The Morgan fingerprint density at radius 3 is 2.18 bits per heavy atom. The maximum Gasteiger partial charge on any atom is 0.302 e. The molecule has 0 unspecified atom stereocenters. The van der Waals surface area contributed by atoms with Crippen LogP contribution in [0.25, 0.3) is 0 Å². The quantitative estimate of drug-likeness (QED) is 0.351. The van der Waals surface area contributed by atoms with Crippen LogP contribution in [0.3, 0.4) is 0 Å². The van der Waals surface area contributed by atoms with Crippen molar-refractivity contribution in [2.24, 2.45) is 50.2 Å². The van der Waals surface area contributed by atoms with Crippen molar-refractivity contribution in [1.29, 1.82) is 0 Å². The van der Waals surface area contributed by atoms with Crippen LogP contribution in [0.1, 0.15) is 119 Å². The molecule has 5 nitrogen and oxygen atoms in total. The molecular formula is C39H55NO4. The number of carbonyl (C=O) groups excluding carboxylic acids is 3. The van der Waals surface area contributed by atoms with E-state index < -0.39 is 5.41 Å². The Hall–Kier alpha value is -2.43. The zero-order valence-electron chi connectivity index (χ0n) is 28.7. The van der Waals surface area contributed by atoms with Gasteiger partial charge in [0.2, 0.25) is 5.91 Å². The monoisotopic (exact) mass is 601 g/mol. The van der Waals surface area contributed by atoms with E-state index in [-0.39, 0.29) is 56.9 Å². The van der Waals surface area contributed by atoms with E-state index in [1.807, 2.05) is 24.3 Å². The average Bonchev–Trinajstić information content (AvgIpc) is 2.93. The number of hydrogen-bond acceptors (Lipinski definition) is 4. The first-order valence-corrected chi connectivity index (χ1v) is 17.2. The van der Waals surface area contributed by atoms with Crippen LogP contribution >= 0.6 is 0 Å². The Morgan fingerprint density at radius 2 is 1.52 bits per heavy atom. The number of anilines is 1. The number of rotatable bonds is 3. The Kier molecular flexibility index (Phi) is 7.19. The number of hydrogen-bond donors (Lipinski definition) is 1. The number of allylic oxidation sites excluding steroid dienone is 2. The predicted molar refractivity (Wildman–Crippen MR) is 175 cm³/mol. The Balaban J connectivity index is 1.34. The molecule has 1 aromatic carbocycles. The van der Waals surface area contributed by atoms with Crippen LogP contribution in [-0.2, 0) is 19.1 Å². The van der Waals surface area contributed by atoms with Crippen molar-refractivity contribution in [3.63, 3.8) is 0 Å². The number of ether oxygens (including phenoxy) is 1. The summed E-state index contributed by atoms with van der Waals surface area (Å²) in [6.45, 7) is 19.9. The fourth-order valence-corrected chi connectivity index (χ4v) is 11.7. The zero-order valence-corrected chi connectivity index (χ0v) is 28.7. The number of nitrogens with one attached hydrogen (secondary N) is 1. The van der Waals surface area contributed by atoms with Crippen LogP contribution in [-0.4, -0.2) is 23.8 Å². The molecule has 9 atom stereocenters. The number of carbonyl (C=O) groups is 3. The summed E-state index contributed by atoms with van der Waals surface area (Å²) in [6, 6.07) is 8.05. The third-order valence-corrected chi connectivity index (χ3v) is 14.7. The topological polar surface area (TPSA) is 72.5 Å². The summed E-state index contributed by atoms with van der Waals surface area (Å²) in [5.74, 6) is 0.664. The van der Waals surface area contributed by atoms with E-state index in [0.29, 0.717) is 11.7 Å². The molecule has 6 rings (SSSR count). The second kappa shape index (κ2) is 10.0. The lowest BCUT2D eigenvalue weighted by molar-refractivity contribution is -0.210. The lowest BCUT2D eigenvalue weighted by Crippen LogP contribution is -2.66. The van der Waals surface area contributed by atoms with Crippen molar-refractivity contribution in [3.05, 3.63) is 41.5 Å². The first-order chi connectivity index (χ1) is 20.4. The molecule has 1 aromatic rings. The van der Waals surface area contributed by atoms with E-state index >= 15 is 0 Å². The van der Waals surface area contributed by atoms with Gasteiger partial charge in [-0.25, -0.2) is 0 Å². The van der Waals surface area contributed by atoms with Gasteiger partial charge < -0.3 is 10.1 Å². The van der Waals surface area contributed by atoms with Gasteiger partial charge in [-0.2, -0.15) is 0 Å². The van der Waals surface area contributed by atoms with Crippen molar-refractivity contribution < 1.29 is 19.1 Å². The predicted octanol–water partition coefficient (Wildman–Crippen LogP) is 8.85. The third-order valence-electron chi connectivity index (χ3n) is 14.7. The summed E-state index contributed by atoms with van der Waals surface area (Å²) < 4.78 is 5.88. The van der Waals surface area contributed by atoms with E-state index in [4.69, 9.17) is 4.74 Å². The van der Waals surface area contributed by atoms with Crippen LogP contribution in [0, 0.1) is 57.2 Å². The van der Waals surface area contributed by atoms with Gasteiger partial charge in [-0.15, -0.1) is 0 Å². The minimum absolute atomic E-state index is 0.0516. The van der Waals surface area contributed by atoms with E-state index in [0.717, 1.165) is 63.5 Å². The van der Waals surface area contributed by atoms with Crippen molar-refractivity contribution in [3.8, 4) is 0 Å². The van der Waals surface area contributed by atoms with Gasteiger partial charge in [0, 0.05) is 29.4 Å². The number of fused-ring (bicyclic) bond motifs is 7. The molecule has 5 heteroatoms. The highest BCUT2D eigenvalue weighted by molar-refractivity contribution is 5.96. The number of benzene rings is 1. The highest BCUT2D eigenvalue weighted by Crippen LogP contribution is 2.75.